The number of hydrogen-bond acceptors (Lipinski definition) is 5. The molecule has 0 saturated carbocycles. The first kappa shape index (κ1) is 14.7. The highest BCUT2D eigenvalue weighted by atomic mass is 32.2. The first-order valence-corrected chi connectivity index (χ1v) is 8.56. The fraction of sp³-hybridized carbons (Fsp3) is 0.0714. The molecule has 5 nitrogen and oxygen atoms in total. The van der Waals surface area contributed by atoms with Gasteiger partial charge >= 0.3 is 0 Å². The van der Waals surface area contributed by atoms with Gasteiger partial charge in [0.2, 0.25) is 5.78 Å². The van der Waals surface area contributed by atoms with Crippen molar-refractivity contribution in [3.05, 3.63) is 57.5 Å². The zero-order valence-corrected chi connectivity index (χ0v) is 13.0. The zero-order chi connectivity index (χ0) is 15.9. The molecule has 8 heteroatoms. The van der Waals surface area contributed by atoms with Crippen LogP contribution in [0, 0.1) is 5.82 Å². The Bertz CT molecular complexity index is 870. The minimum absolute atomic E-state index is 0.339. The summed E-state index contributed by atoms with van der Waals surface area (Å²) in [5.74, 6) is -0.944. The lowest BCUT2D eigenvalue weighted by Gasteiger charge is -2.25. The Labute approximate surface area is 130 Å². The lowest BCUT2D eigenvalue weighted by Crippen LogP contribution is -2.35. The van der Waals surface area contributed by atoms with Gasteiger partial charge < -0.3 is 5.32 Å². The molecule has 1 N–H and O–H groups in total. The number of allylic oxidation sites excluding steroid dienone is 1. The normalized spacial score (nSPS) is 18.4. The van der Waals surface area contributed by atoms with Crippen LogP contribution >= 0.6 is 11.3 Å². The number of thiophene rings is 1. The number of ketones is 1. The molecule has 1 aliphatic heterocycles. The number of carbonyl (C=O) groups is 1. The van der Waals surface area contributed by atoms with E-state index in [-0.39, 0.29) is 4.91 Å². The van der Waals surface area contributed by atoms with Gasteiger partial charge in [0.25, 0.3) is 10.0 Å². The topological polar surface area (TPSA) is 66.5 Å². The van der Waals surface area contributed by atoms with E-state index in [1.54, 1.807) is 11.4 Å². The number of benzene rings is 1. The van der Waals surface area contributed by atoms with Crippen LogP contribution in [0.5, 0.6) is 0 Å². The molecule has 0 aliphatic carbocycles. The van der Waals surface area contributed by atoms with Crippen LogP contribution in [0.1, 0.15) is 9.67 Å². The average molecular weight is 338 g/mol. The molecule has 1 aromatic heterocycles. The molecule has 22 heavy (non-hydrogen) atoms. The van der Waals surface area contributed by atoms with Gasteiger partial charge in [-0.1, -0.05) is 0 Å². The maximum absolute atomic E-state index is 12.8. The molecule has 0 saturated heterocycles. The Kier molecular flexibility index (Phi) is 3.50. The molecule has 3 rings (SSSR count). The minimum Gasteiger partial charge on any atom is -0.360 e. The molecule has 2 heterocycles. The Morgan fingerprint density at radius 2 is 1.91 bits per heavy atom. The van der Waals surface area contributed by atoms with Crippen molar-refractivity contribution in [2.45, 2.75) is 0 Å². The number of rotatable bonds is 2. The number of carbonyl (C=O) groups excluding carboxylic acids is 1. The molecule has 0 amide bonds. The molecule has 0 unspecified atom stereocenters. The third kappa shape index (κ3) is 2.30. The predicted molar refractivity (Wildman–Crippen MR) is 84.1 cm³/mol. The smallest absolute Gasteiger partial charge is 0.269 e. The number of Topliss-reactive ketones (excluding diaryl/α,β-unsaturated/α-hetero) is 1. The van der Waals surface area contributed by atoms with Crippen LogP contribution in [-0.2, 0) is 10.0 Å². The van der Waals surface area contributed by atoms with Crippen molar-refractivity contribution in [3.8, 4) is 0 Å². The van der Waals surface area contributed by atoms with Crippen molar-refractivity contribution < 1.29 is 17.6 Å². The van der Waals surface area contributed by atoms with Crippen molar-refractivity contribution in [1.29, 1.82) is 0 Å². The second-order valence-electron chi connectivity index (χ2n) is 4.60. The van der Waals surface area contributed by atoms with Crippen LogP contribution in [0.4, 0.5) is 15.8 Å². The van der Waals surface area contributed by atoms with Crippen molar-refractivity contribution in [2.75, 3.05) is 16.7 Å². The predicted octanol–water partition coefficient (Wildman–Crippen LogP) is 2.80. The fourth-order valence-electron chi connectivity index (χ4n) is 2.06. The van der Waals surface area contributed by atoms with Crippen LogP contribution in [-0.4, -0.2) is 21.2 Å². The molecular formula is C14H11FN2O3S2. The first-order valence-electron chi connectivity index (χ1n) is 6.24. The van der Waals surface area contributed by atoms with E-state index in [0.29, 0.717) is 16.3 Å². The Morgan fingerprint density at radius 3 is 2.59 bits per heavy atom. The molecule has 0 bridgehead atoms. The highest BCUT2D eigenvalue weighted by Crippen LogP contribution is 2.37. The molecule has 2 aromatic rings. The Balaban J connectivity index is 2.00. The van der Waals surface area contributed by atoms with E-state index >= 15 is 0 Å². The van der Waals surface area contributed by atoms with Gasteiger partial charge in [0, 0.05) is 18.9 Å². The summed E-state index contributed by atoms with van der Waals surface area (Å²) in [4.78, 5) is 12.4. The van der Waals surface area contributed by atoms with Gasteiger partial charge in [-0.05, 0) is 35.7 Å². The lowest BCUT2D eigenvalue weighted by molar-refractivity contribution is 0.104. The number of halogens is 1. The average Bonchev–Trinajstić information content (AvgIpc) is 2.96. The van der Waals surface area contributed by atoms with E-state index in [2.05, 4.69) is 5.32 Å². The number of sulfonamides is 1. The summed E-state index contributed by atoms with van der Waals surface area (Å²) in [6.07, 6.45) is 1.14. The largest absolute Gasteiger partial charge is 0.360 e. The van der Waals surface area contributed by atoms with Crippen LogP contribution in [0.2, 0.25) is 0 Å². The lowest BCUT2D eigenvalue weighted by atomic mass is 10.2. The van der Waals surface area contributed by atoms with Crippen molar-refractivity contribution >= 4 is 38.5 Å². The van der Waals surface area contributed by atoms with Gasteiger partial charge in [0.15, 0.2) is 4.91 Å². The molecule has 1 aliphatic rings. The maximum atomic E-state index is 12.8. The van der Waals surface area contributed by atoms with Gasteiger partial charge in [0.1, 0.15) is 10.7 Å². The van der Waals surface area contributed by atoms with Gasteiger partial charge in [-0.15, -0.1) is 11.3 Å². The molecule has 0 fully saturated rings. The second-order valence-corrected chi connectivity index (χ2v) is 7.45. The summed E-state index contributed by atoms with van der Waals surface area (Å²) in [7, 11) is -2.50. The highest BCUT2D eigenvalue weighted by Gasteiger charge is 2.39. The van der Waals surface area contributed by atoms with Crippen molar-refractivity contribution in [1.82, 2.24) is 0 Å². The van der Waals surface area contributed by atoms with E-state index in [1.165, 1.54) is 42.6 Å². The third-order valence-corrected chi connectivity index (χ3v) is 5.95. The SMILES string of the molecule is CN1c2ccsc2C(=O)C(=CNc2ccc(F)cc2)S1(=O)=O. The Hall–Kier alpha value is -2.19. The third-order valence-electron chi connectivity index (χ3n) is 3.27. The number of hydrogen-bond donors (Lipinski definition) is 1. The monoisotopic (exact) mass is 338 g/mol. The van der Waals surface area contributed by atoms with Crippen LogP contribution in [0.15, 0.2) is 46.8 Å². The van der Waals surface area contributed by atoms with E-state index < -0.39 is 21.6 Å². The summed E-state index contributed by atoms with van der Waals surface area (Å²) in [5.41, 5.74) is 0.866. The summed E-state index contributed by atoms with van der Waals surface area (Å²) >= 11 is 1.19. The number of nitrogens with one attached hydrogen (secondary N) is 1. The number of nitrogens with zero attached hydrogens (tertiary/aromatic N) is 1. The molecule has 0 spiro atoms. The maximum Gasteiger partial charge on any atom is 0.269 e. The van der Waals surface area contributed by atoms with Crippen LogP contribution in [0.3, 0.4) is 0 Å². The van der Waals surface area contributed by atoms with E-state index in [9.17, 15) is 17.6 Å². The van der Waals surface area contributed by atoms with Gasteiger partial charge in [-0.3, -0.25) is 9.10 Å². The van der Waals surface area contributed by atoms with Crippen molar-refractivity contribution in [2.24, 2.45) is 0 Å². The number of anilines is 2. The summed E-state index contributed by atoms with van der Waals surface area (Å²) in [6.45, 7) is 0. The van der Waals surface area contributed by atoms with E-state index in [0.717, 1.165) is 10.5 Å². The molecule has 1 aromatic carbocycles. The standard InChI is InChI=1S/C14H11FN2O3S2/c1-17-11-6-7-21-14(11)13(18)12(22(17,19)20)8-16-10-4-2-9(15)3-5-10/h2-8,16H,1H3. The molecule has 0 radical (unpaired) electrons. The fourth-order valence-corrected chi connectivity index (χ4v) is 4.31. The molecule has 0 atom stereocenters. The molecular weight excluding hydrogens is 327 g/mol. The van der Waals surface area contributed by atoms with Gasteiger partial charge in [-0.25, -0.2) is 12.8 Å². The Morgan fingerprint density at radius 1 is 1.23 bits per heavy atom. The van der Waals surface area contributed by atoms with Gasteiger partial charge in [0.05, 0.1) is 5.69 Å². The van der Waals surface area contributed by atoms with Crippen molar-refractivity contribution in [3.63, 3.8) is 0 Å². The van der Waals surface area contributed by atoms with Crippen LogP contribution in [0.25, 0.3) is 0 Å². The number of fused-ring (bicyclic) bond motifs is 1. The summed E-state index contributed by atoms with van der Waals surface area (Å²) < 4.78 is 38.7. The minimum atomic E-state index is -3.90. The highest BCUT2D eigenvalue weighted by molar-refractivity contribution is 7.97. The summed E-state index contributed by atoms with van der Waals surface area (Å²) in [5, 5.41) is 4.39. The quantitative estimate of drug-likeness (QED) is 0.855. The zero-order valence-electron chi connectivity index (χ0n) is 11.4. The summed E-state index contributed by atoms with van der Waals surface area (Å²) in [6, 6.07) is 6.97. The van der Waals surface area contributed by atoms with Gasteiger partial charge in [-0.2, -0.15) is 0 Å². The van der Waals surface area contributed by atoms with E-state index in [1.807, 2.05) is 0 Å². The first-order chi connectivity index (χ1) is 10.4. The second kappa shape index (κ2) is 5.22. The molecule has 114 valence electrons. The van der Waals surface area contributed by atoms with Crippen LogP contribution < -0.4 is 9.62 Å². The van der Waals surface area contributed by atoms with E-state index in [4.69, 9.17) is 0 Å².